The summed E-state index contributed by atoms with van der Waals surface area (Å²) in [5.74, 6) is 0.514. The van der Waals surface area contributed by atoms with Gasteiger partial charge in [-0.3, -0.25) is 9.20 Å². The van der Waals surface area contributed by atoms with Gasteiger partial charge in [-0.1, -0.05) is 16.8 Å². The van der Waals surface area contributed by atoms with Gasteiger partial charge in [0, 0.05) is 25.8 Å². The number of fused-ring (bicyclic) bond motifs is 3. The summed E-state index contributed by atoms with van der Waals surface area (Å²) in [6.07, 6.45) is 1.57. The zero-order chi connectivity index (χ0) is 20.8. The van der Waals surface area contributed by atoms with Crippen molar-refractivity contribution in [3.8, 4) is 11.5 Å². The molecule has 0 atom stereocenters. The van der Waals surface area contributed by atoms with E-state index in [1.807, 2.05) is 19.9 Å². The Labute approximate surface area is 170 Å². The standard InChI is InChI=1S/C19H20ClN5O4/c1-19(2,28-4)18-22-16(23-29-18)14-15-17(26)24(7-8-27-3)13-9-11(20)5-6-12(13)25(15)10-21-14/h5-6,9-10H,7-8H2,1-4H3. The van der Waals surface area contributed by atoms with Crippen molar-refractivity contribution in [1.29, 1.82) is 0 Å². The summed E-state index contributed by atoms with van der Waals surface area (Å²) in [5, 5.41) is 4.55. The third kappa shape index (κ3) is 3.21. The molecule has 0 unspecified atom stereocenters. The normalized spacial score (nSPS) is 12.3. The fourth-order valence-electron chi connectivity index (χ4n) is 3.11. The van der Waals surface area contributed by atoms with Gasteiger partial charge in [0.2, 0.25) is 5.82 Å². The predicted octanol–water partition coefficient (Wildman–Crippen LogP) is 2.88. The average Bonchev–Trinajstić information content (AvgIpc) is 3.35. The van der Waals surface area contributed by atoms with Crippen molar-refractivity contribution in [1.82, 2.24) is 24.1 Å². The number of ether oxygens (including phenoxy) is 2. The van der Waals surface area contributed by atoms with Crippen LogP contribution in [-0.2, 0) is 21.6 Å². The topological polar surface area (TPSA) is 96.7 Å². The molecule has 4 aromatic rings. The van der Waals surface area contributed by atoms with Crippen LogP contribution in [0.1, 0.15) is 19.7 Å². The second-order valence-electron chi connectivity index (χ2n) is 7.03. The highest BCUT2D eigenvalue weighted by molar-refractivity contribution is 6.31. The highest BCUT2D eigenvalue weighted by Crippen LogP contribution is 2.27. The summed E-state index contributed by atoms with van der Waals surface area (Å²) in [6.45, 7) is 4.35. The van der Waals surface area contributed by atoms with E-state index in [2.05, 4.69) is 15.1 Å². The first-order valence-corrected chi connectivity index (χ1v) is 9.33. The molecule has 0 aliphatic carbocycles. The van der Waals surface area contributed by atoms with Crippen molar-refractivity contribution < 1.29 is 14.0 Å². The lowest BCUT2D eigenvalue weighted by molar-refractivity contribution is -0.00786. The van der Waals surface area contributed by atoms with E-state index < -0.39 is 5.60 Å². The maximum absolute atomic E-state index is 13.4. The van der Waals surface area contributed by atoms with Gasteiger partial charge < -0.3 is 18.6 Å². The molecule has 152 valence electrons. The lowest BCUT2D eigenvalue weighted by Gasteiger charge is -2.16. The van der Waals surface area contributed by atoms with Crippen molar-refractivity contribution in [3.63, 3.8) is 0 Å². The van der Waals surface area contributed by atoms with Gasteiger partial charge in [-0.25, -0.2) is 4.98 Å². The minimum absolute atomic E-state index is 0.219. The minimum atomic E-state index is -0.761. The Morgan fingerprint density at radius 2 is 2.03 bits per heavy atom. The van der Waals surface area contributed by atoms with Gasteiger partial charge in [-0.05, 0) is 32.0 Å². The van der Waals surface area contributed by atoms with Crippen molar-refractivity contribution in [2.24, 2.45) is 0 Å². The first kappa shape index (κ1) is 19.6. The van der Waals surface area contributed by atoms with E-state index in [0.29, 0.717) is 40.8 Å². The second kappa shape index (κ2) is 7.25. The fourth-order valence-corrected chi connectivity index (χ4v) is 3.28. The van der Waals surface area contributed by atoms with Gasteiger partial charge in [0.15, 0.2) is 0 Å². The molecule has 3 aromatic heterocycles. The van der Waals surface area contributed by atoms with Crippen LogP contribution in [0.2, 0.25) is 5.02 Å². The van der Waals surface area contributed by atoms with Gasteiger partial charge in [0.05, 0.1) is 17.6 Å². The quantitative estimate of drug-likeness (QED) is 0.475. The molecule has 0 aliphatic heterocycles. The van der Waals surface area contributed by atoms with Crippen LogP contribution in [0.25, 0.3) is 28.1 Å². The van der Waals surface area contributed by atoms with Gasteiger partial charge in [-0.15, -0.1) is 0 Å². The number of hydrogen-bond acceptors (Lipinski definition) is 7. The smallest absolute Gasteiger partial charge is 0.277 e. The predicted molar refractivity (Wildman–Crippen MR) is 107 cm³/mol. The third-order valence-electron chi connectivity index (χ3n) is 4.89. The lowest BCUT2D eigenvalue weighted by Crippen LogP contribution is -2.25. The molecule has 0 aliphatic rings. The number of halogens is 1. The number of methoxy groups -OCH3 is 2. The molecule has 3 heterocycles. The molecule has 0 saturated heterocycles. The number of benzene rings is 1. The van der Waals surface area contributed by atoms with Crippen LogP contribution in [0.15, 0.2) is 33.8 Å². The van der Waals surface area contributed by atoms with Crippen LogP contribution in [-0.4, -0.2) is 44.9 Å². The first-order chi connectivity index (χ1) is 13.9. The Bertz CT molecular complexity index is 1260. The summed E-state index contributed by atoms with van der Waals surface area (Å²) in [6, 6.07) is 5.36. The molecule has 0 N–H and O–H groups in total. The van der Waals surface area contributed by atoms with Gasteiger partial charge in [0.25, 0.3) is 11.4 Å². The van der Waals surface area contributed by atoms with E-state index in [1.165, 1.54) is 0 Å². The largest absolute Gasteiger partial charge is 0.383 e. The third-order valence-corrected chi connectivity index (χ3v) is 5.12. The Morgan fingerprint density at radius 3 is 2.76 bits per heavy atom. The molecule has 10 heteroatoms. The highest BCUT2D eigenvalue weighted by atomic mass is 35.5. The molecule has 0 fully saturated rings. The summed E-state index contributed by atoms with van der Waals surface area (Å²) >= 11 is 6.17. The molecular formula is C19H20ClN5O4. The molecule has 0 amide bonds. The fraction of sp³-hybridized carbons (Fsp3) is 0.368. The van der Waals surface area contributed by atoms with Crippen LogP contribution in [0.3, 0.4) is 0 Å². The van der Waals surface area contributed by atoms with Crippen molar-refractivity contribution in [3.05, 3.63) is 45.8 Å². The molecule has 29 heavy (non-hydrogen) atoms. The van der Waals surface area contributed by atoms with E-state index >= 15 is 0 Å². The maximum atomic E-state index is 13.4. The summed E-state index contributed by atoms with van der Waals surface area (Å²) in [5.41, 5.74) is 1.13. The average molecular weight is 418 g/mol. The van der Waals surface area contributed by atoms with Crippen LogP contribution in [0.4, 0.5) is 0 Å². The molecule has 0 saturated carbocycles. The Balaban J connectivity index is 1.99. The van der Waals surface area contributed by atoms with Crippen LogP contribution >= 0.6 is 11.6 Å². The van der Waals surface area contributed by atoms with Crippen molar-refractivity contribution >= 4 is 28.2 Å². The Hall–Kier alpha value is -2.75. The number of hydrogen-bond donors (Lipinski definition) is 0. The van der Waals surface area contributed by atoms with E-state index in [0.717, 1.165) is 5.52 Å². The lowest BCUT2D eigenvalue weighted by atomic mass is 10.1. The van der Waals surface area contributed by atoms with Crippen LogP contribution in [0, 0.1) is 0 Å². The summed E-state index contributed by atoms with van der Waals surface area (Å²) < 4.78 is 19.2. The summed E-state index contributed by atoms with van der Waals surface area (Å²) in [7, 11) is 3.14. The zero-order valence-electron chi connectivity index (χ0n) is 16.5. The summed E-state index contributed by atoms with van der Waals surface area (Å²) in [4.78, 5) is 22.2. The number of imidazole rings is 1. The Kier molecular flexibility index (Phi) is 4.89. The van der Waals surface area contributed by atoms with Crippen LogP contribution in [0.5, 0.6) is 0 Å². The number of nitrogens with zero attached hydrogens (tertiary/aromatic N) is 5. The highest BCUT2D eigenvalue weighted by Gasteiger charge is 2.29. The van der Waals surface area contributed by atoms with E-state index in [-0.39, 0.29) is 11.4 Å². The number of rotatable bonds is 6. The molecule has 4 rings (SSSR count). The van der Waals surface area contributed by atoms with Gasteiger partial charge in [-0.2, -0.15) is 4.98 Å². The molecule has 9 nitrogen and oxygen atoms in total. The van der Waals surface area contributed by atoms with Gasteiger partial charge >= 0.3 is 0 Å². The second-order valence-corrected chi connectivity index (χ2v) is 7.47. The molecule has 0 spiro atoms. The van der Waals surface area contributed by atoms with E-state index in [9.17, 15) is 4.79 Å². The minimum Gasteiger partial charge on any atom is -0.383 e. The maximum Gasteiger partial charge on any atom is 0.277 e. The zero-order valence-corrected chi connectivity index (χ0v) is 17.2. The molecule has 0 bridgehead atoms. The van der Waals surface area contributed by atoms with Crippen molar-refractivity contribution in [2.75, 3.05) is 20.8 Å². The SMILES string of the molecule is COCCn1c(=O)c2c(-c3noc(C(C)(C)OC)n3)ncn2c2ccc(Cl)cc21. The molecule has 1 aromatic carbocycles. The van der Waals surface area contributed by atoms with E-state index in [4.69, 9.17) is 25.6 Å². The first-order valence-electron chi connectivity index (χ1n) is 8.95. The Morgan fingerprint density at radius 1 is 1.24 bits per heavy atom. The van der Waals surface area contributed by atoms with Crippen molar-refractivity contribution in [2.45, 2.75) is 26.0 Å². The monoisotopic (exact) mass is 417 g/mol. The number of aromatic nitrogens is 5. The molecule has 0 radical (unpaired) electrons. The van der Waals surface area contributed by atoms with Crippen LogP contribution < -0.4 is 5.56 Å². The molecular weight excluding hydrogens is 398 g/mol. The van der Waals surface area contributed by atoms with E-state index in [1.54, 1.807) is 41.6 Å². The van der Waals surface area contributed by atoms with Gasteiger partial charge in [0.1, 0.15) is 23.1 Å².